The molecule has 1 amide bonds. The summed E-state index contributed by atoms with van der Waals surface area (Å²) in [6.45, 7) is 0. The molecule has 104 valence electrons. The highest BCUT2D eigenvalue weighted by Crippen LogP contribution is 2.36. The van der Waals surface area contributed by atoms with E-state index in [2.05, 4.69) is 37.7 Å². The van der Waals surface area contributed by atoms with Crippen LogP contribution >= 0.6 is 27.3 Å². The molecule has 6 heteroatoms. The van der Waals surface area contributed by atoms with Crippen LogP contribution in [0.4, 0.5) is 11.5 Å². The highest BCUT2D eigenvalue weighted by molar-refractivity contribution is 9.10. The molecule has 20 heavy (non-hydrogen) atoms. The Morgan fingerprint density at radius 3 is 3.20 bits per heavy atom. The van der Waals surface area contributed by atoms with Crippen LogP contribution in [0.25, 0.3) is 0 Å². The fourth-order valence-electron chi connectivity index (χ4n) is 2.51. The summed E-state index contributed by atoms with van der Waals surface area (Å²) in [5.74, 6) is 0.449. The zero-order valence-corrected chi connectivity index (χ0v) is 13.1. The summed E-state index contributed by atoms with van der Waals surface area (Å²) in [6, 6.07) is 3.80. The number of hydrogen-bond acceptors (Lipinski definition) is 4. The van der Waals surface area contributed by atoms with Crippen LogP contribution in [0.1, 0.15) is 29.2 Å². The van der Waals surface area contributed by atoms with Crippen molar-refractivity contribution in [3.05, 3.63) is 38.6 Å². The lowest BCUT2D eigenvalue weighted by atomic mass is 9.87. The maximum absolute atomic E-state index is 12.5. The lowest BCUT2D eigenvalue weighted by Crippen LogP contribution is -2.24. The highest BCUT2D eigenvalue weighted by Gasteiger charge is 2.27. The molecule has 0 saturated heterocycles. The molecular formula is C14H14BrN3OS. The fraction of sp³-hybridized carbons (Fsp3) is 0.286. The fourth-order valence-corrected chi connectivity index (χ4v) is 3.96. The molecule has 0 saturated carbocycles. The Morgan fingerprint density at radius 2 is 2.40 bits per heavy atom. The normalized spacial score (nSPS) is 17.6. The Balaban J connectivity index is 1.81. The first kappa shape index (κ1) is 13.6. The summed E-state index contributed by atoms with van der Waals surface area (Å²) in [4.78, 5) is 18.0. The molecule has 1 aliphatic rings. The van der Waals surface area contributed by atoms with E-state index >= 15 is 0 Å². The van der Waals surface area contributed by atoms with Gasteiger partial charge in [0.05, 0.1) is 22.3 Å². The Morgan fingerprint density at radius 1 is 1.55 bits per heavy atom. The molecule has 0 aliphatic heterocycles. The SMILES string of the molecule is Nc1cnc(NC(=O)C2CCCc3sccc32)c(Br)c1. The number of thiophene rings is 1. The number of nitrogen functional groups attached to an aromatic ring is 1. The van der Waals surface area contributed by atoms with Crippen molar-refractivity contribution in [3.8, 4) is 0 Å². The van der Waals surface area contributed by atoms with Crippen molar-refractivity contribution in [2.24, 2.45) is 0 Å². The van der Waals surface area contributed by atoms with Crippen LogP contribution in [-0.4, -0.2) is 10.9 Å². The topological polar surface area (TPSA) is 68.0 Å². The largest absolute Gasteiger partial charge is 0.397 e. The minimum Gasteiger partial charge on any atom is -0.397 e. The summed E-state index contributed by atoms with van der Waals surface area (Å²) < 4.78 is 0.701. The van der Waals surface area contributed by atoms with E-state index in [4.69, 9.17) is 5.73 Å². The van der Waals surface area contributed by atoms with Gasteiger partial charge in [0.2, 0.25) is 5.91 Å². The number of anilines is 2. The molecule has 0 fully saturated rings. The molecule has 1 atom stereocenters. The molecule has 3 rings (SSSR count). The Bertz CT molecular complexity index is 656. The first-order valence-corrected chi connectivity index (χ1v) is 8.10. The zero-order chi connectivity index (χ0) is 14.1. The van der Waals surface area contributed by atoms with Crippen molar-refractivity contribution in [2.45, 2.75) is 25.2 Å². The van der Waals surface area contributed by atoms with Crippen LogP contribution in [-0.2, 0) is 11.2 Å². The van der Waals surface area contributed by atoms with Crippen LogP contribution in [0.3, 0.4) is 0 Å². The number of nitrogens with zero attached hydrogens (tertiary/aromatic N) is 1. The minimum absolute atomic E-state index is 0.00215. The van der Waals surface area contributed by atoms with E-state index in [1.807, 2.05) is 0 Å². The number of fused-ring (bicyclic) bond motifs is 1. The van der Waals surface area contributed by atoms with Crippen molar-refractivity contribution in [2.75, 3.05) is 11.1 Å². The smallest absolute Gasteiger partial charge is 0.233 e. The lowest BCUT2D eigenvalue weighted by molar-refractivity contribution is -0.117. The van der Waals surface area contributed by atoms with Gasteiger partial charge in [0, 0.05) is 4.88 Å². The van der Waals surface area contributed by atoms with Crippen LogP contribution in [0.15, 0.2) is 28.2 Å². The van der Waals surface area contributed by atoms with E-state index in [1.165, 1.54) is 16.6 Å². The number of nitrogens with two attached hydrogens (primary N) is 1. The Hall–Kier alpha value is -1.40. The molecule has 3 N–H and O–H groups in total. The summed E-state index contributed by atoms with van der Waals surface area (Å²) in [5.41, 5.74) is 7.38. The number of nitrogens with one attached hydrogen (secondary N) is 1. The number of rotatable bonds is 2. The van der Waals surface area contributed by atoms with E-state index in [0.29, 0.717) is 16.0 Å². The number of carbonyl (C=O) groups excluding carboxylic acids is 1. The van der Waals surface area contributed by atoms with Gasteiger partial charge >= 0.3 is 0 Å². The van der Waals surface area contributed by atoms with Gasteiger partial charge < -0.3 is 11.1 Å². The number of amides is 1. The van der Waals surface area contributed by atoms with E-state index in [-0.39, 0.29) is 11.8 Å². The molecule has 0 aromatic carbocycles. The van der Waals surface area contributed by atoms with Crippen LogP contribution in [0.5, 0.6) is 0 Å². The second-order valence-corrected chi connectivity index (χ2v) is 6.69. The average Bonchev–Trinajstić information content (AvgIpc) is 2.90. The number of pyridine rings is 1. The second kappa shape index (κ2) is 5.54. The molecule has 0 radical (unpaired) electrons. The van der Waals surface area contributed by atoms with Gasteiger partial charge in [-0.3, -0.25) is 4.79 Å². The quantitative estimate of drug-likeness (QED) is 0.869. The second-order valence-electron chi connectivity index (χ2n) is 4.83. The van der Waals surface area contributed by atoms with Crippen molar-refractivity contribution in [1.29, 1.82) is 0 Å². The standard InChI is InChI=1S/C14H14BrN3OS/c15-11-6-8(16)7-17-13(11)18-14(19)10-2-1-3-12-9(10)4-5-20-12/h4-7,10H,1-3,16H2,(H,17,18,19). The Kier molecular flexibility index (Phi) is 3.76. The van der Waals surface area contributed by atoms with Gasteiger partial charge in [0.25, 0.3) is 0 Å². The maximum atomic E-state index is 12.5. The molecule has 2 aromatic heterocycles. The van der Waals surface area contributed by atoms with Crippen LogP contribution in [0.2, 0.25) is 0 Å². The van der Waals surface area contributed by atoms with Crippen LogP contribution in [0, 0.1) is 0 Å². The van der Waals surface area contributed by atoms with Crippen LogP contribution < -0.4 is 11.1 Å². The first-order chi connectivity index (χ1) is 9.65. The Labute approximate surface area is 129 Å². The van der Waals surface area contributed by atoms with Gasteiger partial charge in [-0.15, -0.1) is 11.3 Å². The molecule has 0 spiro atoms. The van der Waals surface area contributed by atoms with Gasteiger partial charge in [0.1, 0.15) is 5.82 Å². The monoisotopic (exact) mass is 351 g/mol. The predicted octanol–water partition coefficient (Wildman–Crippen LogP) is 3.55. The van der Waals surface area contributed by atoms with Crippen molar-refractivity contribution >= 4 is 44.7 Å². The van der Waals surface area contributed by atoms with Gasteiger partial charge in [0.15, 0.2) is 0 Å². The van der Waals surface area contributed by atoms with Gasteiger partial charge in [-0.2, -0.15) is 0 Å². The average molecular weight is 352 g/mol. The molecule has 1 unspecified atom stereocenters. The van der Waals surface area contributed by atoms with Crippen molar-refractivity contribution in [3.63, 3.8) is 0 Å². The summed E-state index contributed by atoms with van der Waals surface area (Å²) >= 11 is 5.11. The third-order valence-electron chi connectivity index (χ3n) is 3.47. The van der Waals surface area contributed by atoms with Gasteiger partial charge in [-0.1, -0.05) is 0 Å². The molecule has 2 heterocycles. The van der Waals surface area contributed by atoms with E-state index in [0.717, 1.165) is 19.3 Å². The molecule has 1 aliphatic carbocycles. The first-order valence-electron chi connectivity index (χ1n) is 6.43. The van der Waals surface area contributed by atoms with Gasteiger partial charge in [-0.25, -0.2) is 4.98 Å². The zero-order valence-electron chi connectivity index (χ0n) is 10.7. The number of aryl methyl sites for hydroxylation is 1. The predicted molar refractivity (Wildman–Crippen MR) is 85.0 cm³/mol. The number of aromatic nitrogens is 1. The lowest BCUT2D eigenvalue weighted by Gasteiger charge is -2.21. The third-order valence-corrected chi connectivity index (χ3v) is 5.07. The van der Waals surface area contributed by atoms with E-state index < -0.39 is 0 Å². The number of hydrogen-bond donors (Lipinski definition) is 2. The molecule has 4 nitrogen and oxygen atoms in total. The van der Waals surface area contributed by atoms with E-state index in [1.54, 1.807) is 17.4 Å². The number of halogens is 1. The molecular weight excluding hydrogens is 338 g/mol. The number of carbonyl (C=O) groups is 1. The van der Waals surface area contributed by atoms with Crippen molar-refractivity contribution in [1.82, 2.24) is 4.98 Å². The van der Waals surface area contributed by atoms with Crippen molar-refractivity contribution < 1.29 is 4.79 Å². The maximum Gasteiger partial charge on any atom is 0.233 e. The molecule has 0 bridgehead atoms. The summed E-state index contributed by atoms with van der Waals surface area (Å²) in [5, 5.41) is 4.95. The summed E-state index contributed by atoms with van der Waals surface area (Å²) in [6.07, 6.45) is 4.57. The third kappa shape index (κ3) is 2.58. The minimum atomic E-state index is -0.0729. The molecule has 2 aromatic rings. The van der Waals surface area contributed by atoms with Gasteiger partial charge in [-0.05, 0) is 58.3 Å². The summed E-state index contributed by atoms with van der Waals surface area (Å²) in [7, 11) is 0. The highest BCUT2D eigenvalue weighted by atomic mass is 79.9. The van der Waals surface area contributed by atoms with E-state index in [9.17, 15) is 4.79 Å².